The molecule has 12 heteroatoms. The van der Waals surface area contributed by atoms with Crippen LogP contribution in [0.2, 0.25) is 0 Å². The molecule has 0 bridgehead atoms. The molecule has 1 saturated heterocycles. The van der Waals surface area contributed by atoms with Gasteiger partial charge in [-0.05, 0) is 89.9 Å². The number of unbranched alkanes of at least 4 members (excludes halogenated alkanes) is 28. The van der Waals surface area contributed by atoms with Crippen molar-refractivity contribution in [2.24, 2.45) is 0 Å². The number of allylic oxidation sites excluding steroid dienone is 12. The van der Waals surface area contributed by atoms with E-state index >= 15 is 0 Å². The van der Waals surface area contributed by atoms with Crippen molar-refractivity contribution in [3.05, 3.63) is 72.9 Å². The lowest BCUT2D eigenvalue weighted by Crippen LogP contribution is -2.61. The Bertz CT molecular complexity index is 1650. The van der Waals surface area contributed by atoms with Crippen LogP contribution in [-0.4, -0.2) is 89.2 Å². The van der Waals surface area contributed by atoms with Gasteiger partial charge in [-0.3, -0.25) is 14.4 Å². The van der Waals surface area contributed by atoms with Crippen molar-refractivity contribution in [1.29, 1.82) is 0 Å². The molecular weight excluding hydrogens is 997 g/mol. The molecule has 3 N–H and O–H groups in total. The van der Waals surface area contributed by atoms with Crippen molar-refractivity contribution in [3.8, 4) is 0 Å². The van der Waals surface area contributed by atoms with E-state index in [1.807, 2.05) is 0 Å². The van der Waals surface area contributed by atoms with E-state index in [0.29, 0.717) is 19.3 Å². The molecule has 1 aliphatic rings. The zero-order valence-corrected chi connectivity index (χ0v) is 50.1. The number of aliphatic carboxylic acids is 1. The van der Waals surface area contributed by atoms with Gasteiger partial charge in [0.05, 0.1) is 6.61 Å². The third-order valence-electron chi connectivity index (χ3n) is 14.3. The molecule has 0 amide bonds. The van der Waals surface area contributed by atoms with Crippen molar-refractivity contribution >= 4 is 23.9 Å². The highest BCUT2D eigenvalue weighted by molar-refractivity contribution is 5.74. The summed E-state index contributed by atoms with van der Waals surface area (Å²) in [6.07, 6.45) is 57.2. The summed E-state index contributed by atoms with van der Waals surface area (Å²) in [6, 6.07) is 0. The number of rotatable bonds is 54. The van der Waals surface area contributed by atoms with Crippen molar-refractivity contribution in [2.45, 2.75) is 314 Å². The number of carbonyl (C=O) groups is 4. The molecule has 0 saturated carbocycles. The molecule has 6 unspecified atom stereocenters. The van der Waals surface area contributed by atoms with Crippen molar-refractivity contribution in [2.75, 3.05) is 13.2 Å². The summed E-state index contributed by atoms with van der Waals surface area (Å²) < 4.78 is 28.5. The summed E-state index contributed by atoms with van der Waals surface area (Å²) in [4.78, 5) is 51.2. The third-order valence-corrected chi connectivity index (χ3v) is 14.3. The Kier molecular flexibility index (Phi) is 50.7. The van der Waals surface area contributed by atoms with Gasteiger partial charge in [-0.15, -0.1) is 0 Å². The van der Waals surface area contributed by atoms with Crippen LogP contribution in [0, 0.1) is 0 Å². The summed E-state index contributed by atoms with van der Waals surface area (Å²) in [5.74, 6) is -3.15. The van der Waals surface area contributed by atoms with E-state index in [4.69, 9.17) is 23.7 Å². The maximum Gasteiger partial charge on any atom is 0.335 e. The minimum atomic E-state index is -1.92. The van der Waals surface area contributed by atoms with Gasteiger partial charge < -0.3 is 39.0 Å². The first-order valence-corrected chi connectivity index (χ1v) is 31.9. The van der Waals surface area contributed by atoms with Gasteiger partial charge in [0, 0.05) is 19.3 Å². The van der Waals surface area contributed by atoms with Crippen molar-refractivity contribution in [3.63, 3.8) is 0 Å². The van der Waals surface area contributed by atoms with Gasteiger partial charge >= 0.3 is 23.9 Å². The number of hydrogen-bond acceptors (Lipinski definition) is 11. The molecule has 0 aromatic heterocycles. The van der Waals surface area contributed by atoms with Crippen molar-refractivity contribution < 1.29 is 58.2 Å². The quantitative estimate of drug-likeness (QED) is 0.0228. The number of carboxylic acid groups (broad SMARTS) is 1. The largest absolute Gasteiger partial charge is 0.479 e. The third kappa shape index (κ3) is 44.5. The van der Waals surface area contributed by atoms with Gasteiger partial charge in [-0.25, -0.2) is 4.79 Å². The first-order chi connectivity index (χ1) is 38.6. The van der Waals surface area contributed by atoms with Crippen LogP contribution in [0.4, 0.5) is 0 Å². The lowest BCUT2D eigenvalue weighted by Gasteiger charge is -2.40. The maximum absolute atomic E-state index is 13.1. The number of esters is 3. The second-order valence-electron chi connectivity index (χ2n) is 21.7. The topological polar surface area (TPSA) is 175 Å². The van der Waals surface area contributed by atoms with E-state index in [1.54, 1.807) is 0 Å². The van der Waals surface area contributed by atoms with Crippen LogP contribution in [-0.2, 0) is 42.9 Å². The Morgan fingerprint density at radius 1 is 0.430 bits per heavy atom. The molecule has 1 heterocycles. The van der Waals surface area contributed by atoms with E-state index in [9.17, 15) is 34.5 Å². The van der Waals surface area contributed by atoms with E-state index in [0.717, 1.165) is 89.9 Å². The molecule has 0 aromatic carbocycles. The summed E-state index contributed by atoms with van der Waals surface area (Å²) in [6.45, 7) is 5.88. The zero-order chi connectivity index (χ0) is 57.5. The number of ether oxygens (including phenoxy) is 5. The Balaban J connectivity index is 2.64. The highest BCUT2D eigenvalue weighted by Gasteiger charge is 2.50. The fourth-order valence-corrected chi connectivity index (χ4v) is 9.39. The number of aliphatic hydroxyl groups excluding tert-OH is 2. The molecule has 0 radical (unpaired) electrons. The van der Waals surface area contributed by atoms with Crippen LogP contribution in [0.5, 0.6) is 0 Å². The SMILES string of the molecule is CC/C=C\C/C=C\C/C=C\C/C=C\C/C=C\CCCCCC(=O)OC1C(OCC(COC(=O)CCCCCCCCCCC/C=C\CCCCCCCC)OC(=O)CCCCCCCCCCCCC)OC(C(=O)O)C(O)C1O. The first-order valence-electron chi connectivity index (χ1n) is 31.9. The number of aliphatic hydroxyl groups is 2. The number of carbonyl (C=O) groups excluding carboxylic acids is 3. The summed E-state index contributed by atoms with van der Waals surface area (Å²) in [7, 11) is 0. The van der Waals surface area contributed by atoms with Crippen LogP contribution in [0.25, 0.3) is 0 Å². The van der Waals surface area contributed by atoms with Crippen LogP contribution in [0.3, 0.4) is 0 Å². The van der Waals surface area contributed by atoms with Crippen molar-refractivity contribution in [1.82, 2.24) is 0 Å². The summed E-state index contributed by atoms with van der Waals surface area (Å²) in [5.41, 5.74) is 0. The Morgan fingerprint density at radius 2 is 0.797 bits per heavy atom. The number of hydrogen-bond donors (Lipinski definition) is 3. The molecule has 1 fully saturated rings. The van der Waals surface area contributed by atoms with Gasteiger partial charge in [0.15, 0.2) is 24.6 Å². The van der Waals surface area contributed by atoms with Gasteiger partial charge in [0.25, 0.3) is 0 Å². The molecule has 454 valence electrons. The smallest absolute Gasteiger partial charge is 0.335 e. The van der Waals surface area contributed by atoms with Crippen LogP contribution >= 0.6 is 0 Å². The van der Waals surface area contributed by atoms with E-state index < -0.39 is 67.3 Å². The van der Waals surface area contributed by atoms with Crippen LogP contribution in [0.15, 0.2) is 72.9 Å². The Labute approximate surface area is 480 Å². The lowest BCUT2D eigenvalue weighted by molar-refractivity contribution is -0.301. The van der Waals surface area contributed by atoms with Gasteiger partial charge in [-0.2, -0.15) is 0 Å². The fourth-order valence-electron chi connectivity index (χ4n) is 9.39. The normalized spacial score (nSPS) is 18.3. The van der Waals surface area contributed by atoms with Gasteiger partial charge in [0.2, 0.25) is 0 Å². The molecule has 6 atom stereocenters. The molecule has 79 heavy (non-hydrogen) atoms. The first kappa shape index (κ1) is 73.2. The second-order valence-corrected chi connectivity index (χ2v) is 21.7. The average Bonchev–Trinajstić information content (AvgIpc) is 3.43. The van der Waals surface area contributed by atoms with Gasteiger partial charge in [0.1, 0.15) is 18.8 Å². The zero-order valence-electron chi connectivity index (χ0n) is 50.1. The molecule has 0 spiro atoms. The van der Waals surface area contributed by atoms with Crippen LogP contribution in [0.1, 0.15) is 278 Å². The van der Waals surface area contributed by atoms with E-state index in [1.165, 1.54) is 128 Å². The second kappa shape index (κ2) is 54.7. The minimum Gasteiger partial charge on any atom is -0.479 e. The molecule has 0 aliphatic carbocycles. The molecular formula is C67H114O12. The minimum absolute atomic E-state index is 0.0208. The van der Waals surface area contributed by atoms with E-state index in [2.05, 4.69) is 93.7 Å². The monoisotopic (exact) mass is 1110 g/mol. The molecule has 1 rings (SSSR count). The lowest BCUT2D eigenvalue weighted by atomic mass is 9.98. The van der Waals surface area contributed by atoms with E-state index in [-0.39, 0.29) is 25.9 Å². The fraction of sp³-hybridized carbons (Fsp3) is 0.761. The summed E-state index contributed by atoms with van der Waals surface area (Å²) >= 11 is 0. The average molecular weight is 1110 g/mol. The molecule has 0 aromatic rings. The maximum atomic E-state index is 13.1. The highest BCUT2D eigenvalue weighted by atomic mass is 16.7. The predicted octanol–water partition coefficient (Wildman–Crippen LogP) is 16.9. The van der Waals surface area contributed by atoms with Gasteiger partial charge in [-0.1, -0.05) is 241 Å². The molecule has 12 nitrogen and oxygen atoms in total. The Hall–Kier alpha value is -3.84. The Morgan fingerprint density at radius 3 is 1.24 bits per heavy atom. The highest BCUT2D eigenvalue weighted by Crippen LogP contribution is 2.26. The van der Waals surface area contributed by atoms with Crippen LogP contribution < -0.4 is 0 Å². The summed E-state index contributed by atoms with van der Waals surface area (Å²) in [5, 5.41) is 31.5. The molecule has 1 aliphatic heterocycles. The standard InChI is InChI=1S/C67H114O12/c1-4-7-10-13-16-19-22-24-26-28-30-32-34-36-39-41-44-47-50-53-59(68)75-56-58(77-60(69)54-51-48-45-42-38-21-18-15-12-9-6-3)57-76-67-65(63(72)62(71)64(79-67)66(73)74)78-61(70)55-52-49-46-43-40-37-35-33-31-29-27-25-23-20-17-14-11-8-5-2/h8,11,17,20,24-27,31,33,37,40,58,62-65,67,71-72H,4-7,9-10,12-16,18-19,21-23,28-30,32,34-36,38-39,41-57H2,1-3H3,(H,73,74)/b11-8-,20-17-,26-24-,27-25-,33-31-,40-37-. The predicted molar refractivity (Wildman–Crippen MR) is 322 cm³/mol. The number of carboxylic acids is 1.